The largest absolute Gasteiger partial charge is 0.355 e. The molecule has 3 aromatic carbocycles. The Morgan fingerprint density at radius 1 is 0.825 bits per heavy atom. The van der Waals surface area contributed by atoms with E-state index < -0.39 is 0 Å². The van der Waals surface area contributed by atoms with Crippen LogP contribution in [0.3, 0.4) is 0 Å². The fraction of sp³-hybridized carbons (Fsp3) is 0.294. The quantitative estimate of drug-likeness (QED) is 0.239. The Morgan fingerprint density at radius 3 is 2.25 bits per heavy atom. The van der Waals surface area contributed by atoms with Crippen LogP contribution in [0.1, 0.15) is 47.6 Å². The third-order valence-electron chi connectivity index (χ3n) is 7.95. The van der Waals surface area contributed by atoms with Crippen molar-refractivity contribution in [2.75, 3.05) is 26.2 Å². The van der Waals surface area contributed by atoms with E-state index in [-0.39, 0.29) is 11.8 Å². The molecule has 6 nitrogen and oxygen atoms in total. The number of para-hydroxylation sites is 1. The van der Waals surface area contributed by atoms with Gasteiger partial charge in [0.05, 0.1) is 12.0 Å². The highest BCUT2D eigenvalue weighted by molar-refractivity contribution is 5.86. The van der Waals surface area contributed by atoms with Crippen LogP contribution in [-0.2, 0) is 17.9 Å². The van der Waals surface area contributed by atoms with Gasteiger partial charge in [0.1, 0.15) is 0 Å². The number of imidazole rings is 1. The molecule has 3 heterocycles. The Hall–Kier alpha value is -4.16. The molecule has 2 aromatic heterocycles. The van der Waals surface area contributed by atoms with Crippen LogP contribution in [0, 0.1) is 0 Å². The van der Waals surface area contributed by atoms with Gasteiger partial charge in [-0.1, -0.05) is 78.9 Å². The van der Waals surface area contributed by atoms with Crippen molar-refractivity contribution in [1.82, 2.24) is 24.3 Å². The predicted molar refractivity (Wildman–Crippen MR) is 160 cm³/mol. The van der Waals surface area contributed by atoms with Crippen molar-refractivity contribution < 1.29 is 4.79 Å². The standard InChI is InChI=1S/C34H37N5O/c40-34(35-17-20-37-18-9-10-19-37)21-30(32-25-38(26-36-32)22-27-11-3-1-4-12-27)31-24-39(23-28-13-5-2-6-14-28)33-16-8-7-15-29(31)33/h1-8,11-16,24-26,30H,9-10,17-23H2,(H,35,40). The number of aromatic nitrogens is 3. The van der Waals surface area contributed by atoms with E-state index in [9.17, 15) is 4.79 Å². The number of rotatable bonds is 11. The Kier molecular flexibility index (Phi) is 8.05. The van der Waals surface area contributed by atoms with Crippen LogP contribution in [0.5, 0.6) is 0 Å². The zero-order valence-electron chi connectivity index (χ0n) is 23.0. The summed E-state index contributed by atoms with van der Waals surface area (Å²) in [6.07, 6.45) is 9.11. The van der Waals surface area contributed by atoms with Crippen molar-refractivity contribution in [2.45, 2.75) is 38.3 Å². The van der Waals surface area contributed by atoms with Crippen molar-refractivity contribution in [1.29, 1.82) is 0 Å². The Bertz CT molecular complexity index is 1530. The van der Waals surface area contributed by atoms with Gasteiger partial charge in [0.15, 0.2) is 0 Å². The summed E-state index contributed by atoms with van der Waals surface area (Å²) in [7, 11) is 0. The molecule has 0 spiro atoms. The Morgan fingerprint density at radius 2 is 1.50 bits per heavy atom. The van der Waals surface area contributed by atoms with Gasteiger partial charge in [-0.05, 0) is 48.7 Å². The second kappa shape index (κ2) is 12.3. The molecule has 204 valence electrons. The molecule has 1 saturated heterocycles. The van der Waals surface area contributed by atoms with E-state index in [0.717, 1.165) is 44.0 Å². The van der Waals surface area contributed by atoms with Crippen LogP contribution in [0.25, 0.3) is 10.9 Å². The number of amides is 1. The van der Waals surface area contributed by atoms with Gasteiger partial charge in [0.25, 0.3) is 0 Å². The summed E-state index contributed by atoms with van der Waals surface area (Å²) in [5, 5.41) is 4.37. The van der Waals surface area contributed by atoms with Gasteiger partial charge in [0, 0.05) is 61.8 Å². The maximum absolute atomic E-state index is 13.3. The lowest BCUT2D eigenvalue weighted by Crippen LogP contribution is -2.34. The second-order valence-corrected chi connectivity index (χ2v) is 10.8. The highest BCUT2D eigenvalue weighted by Crippen LogP contribution is 2.34. The number of likely N-dealkylation sites (tertiary alicyclic amines) is 1. The minimum Gasteiger partial charge on any atom is -0.355 e. The first-order valence-corrected chi connectivity index (χ1v) is 14.4. The molecule has 6 heteroatoms. The maximum atomic E-state index is 13.3. The molecular weight excluding hydrogens is 494 g/mol. The number of nitrogens with one attached hydrogen (secondary N) is 1. The van der Waals surface area contributed by atoms with Crippen LogP contribution < -0.4 is 5.32 Å². The SMILES string of the molecule is O=C(CC(c1cn(Cc2ccccc2)cn1)c1cn(Cc2ccccc2)c2ccccc12)NCCN1CCCC1. The van der Waals surface area contributed by atoms with Crippen LogP contribution >= 0.6 is 0 Å². The lowest BCUT2D eigenvalue weighted by atomic mass is 9.92. The fourth-order valence-corrected chi connectivity index (χ4v) is 5.89. The topological polar surface area (TPSA) is 55.1 Å². The molecule has 6 rings (SSSR count). The van der Waals surface area contributed by atoms with Crippen molar-refractivity contribution >= 4 is 16.8 Å². The van der Waals surface area contributed by atoms with Crippen LogP contribution in [0.15, 0.2) is 104 Å². The predicted octanol–water partition coefficient (Wildman–Crippen LogP) is 5.67. The van der Waals surface area contributed by atoms with Crippen LogP contribution in [0.2, 0.25) is 0 Å². The van der Waals surface area contributed by atoms with Gasteiger partial charge in [0.2, 0.25) is 5.91 Å². The Labute approximate surface area is 236 Å². The number of fused-ring (bicyclic) bond motifs is 1. The molecule has 1 unspecified atom stereocenters. The van der Waals surface area contributed by atoms with Gasteiger partial charge in [-0.2, -0.15) is 0 Å². The summed E-state index contributed by atoms with van der Waals surface area (Å²) in [5.74, 6) is -0.0765. The third kappa shape index (κ3) is 6.18. The summed E-state index contributed by atoms with van der Waals surface area (Å²) in [6, 6.07) is 29.4. The molecule has 0 bridgehead atoms. The van der Waals surface area contributed by atoms with E-state index in [1.165, 1.54) is 34.9 Å². The van der Waals surface area contributed by atoms with E-state index in [1.54, 1.807) is 0 Å². The zero-order chi connectivity index (χ0) is 27.1. The molecule has 1 amide bonds. The van der Waals surface area contributed by atoms with Crippen molar-refractivity contribution in [2.24, 2.45) is 0 Å². The van der Waals surface area contributed by atoms with Crippen molar-refractivity contribution in [3.8, 4) is 0 Å². The summed E-state index contributed by atoms with van der Waals surface area (Å²) in [4.78, 5) is 20.6. The number of carbonyl (C=O) groups is 1. The average molecular weight is 532 g/mol. The Balaban J connectivity index is 1.29. The fourth-order valence-electron chi connectivity index (χ4n) is 5.89. The van der Waals surface area contributed by atoms with Crippen LogP contribution in [0.4, 0.5) is 0 Å². The van der Waals surface area contributed by atoms with Gasteiger partial charge >= 0.3 is 0 Å². The van der Waals surface area contributed by atoms with Crippen LogP contribution in [-0.4, -0.2) is 51.1 Å². The first-order chi connectivity index (χ1) is 19.7. The summed E-state index contributed by atoms with van der Waals surface area (Å²) in [6.45, 7) is 5.40. The number of nitrogens with zero attached hydrogens (tertiary/aromatic N) is 4. The lowest BCUT2D eigenvalue weighted by Gasteiger charge is -2.17. The maximum Gasteiger partial charge on any atom is 0.221 e. The van der Waals surface area contributed by atoms with E-state index in [4.69, 9.17) is 4.98 Å². The van der Waals surface area contributed by atoms with Gasteiger partial charge in [-0.25, -0.2) is 4.98 Å². The summed E-state index contributed by atoms with van der Waals surface area (Å²) in [5.41, 5.74) is 5.71. The average Bonchev–Trinajstić information content (AvgIpc) is 3.75. The number of benzene rings is 3. The minimum absolute atomic E-state index is 0.0710. The van der Waals surface area contributed by atoms with Gasteiger partial charge in [-0.3, -0.25) is 4.79 Å². The minimum atomic E-state index is -0.147. The van der Waals surface area contributed by atoms with E-state index >= 15 is 0 Å². The highest BCUT2D eigenvalue weighted by Gasteiger charge is 2.25. The molecule has 0 aliphatic carbocycles. The molecule has 1 aliphatic heterocycles. The smallest absolute Gasteiger partial charge is 0.221 e. The highest BCUT2D eigenvalue weighted by atomic mass is 16.1. The number of hydrogen-bond acceptors (Lipinski definition) is 3. The molecule has 0 saturated carbocycles. The first kappa shape index (κ1) is 26.1. The molecule has 1 aliphatic rings. The molecule has 1 N–H and O–H groups in total. The normalized spacial score (nSPS) is 14.5. The lowest BCUT2D eigenvalue weighted by molar-refractivity contribution is -0.121. The van der Waals surface area contributed by atoms with Gasteiger partial charge < -0.3 is 19.4 Å². The third-order valence-corrected chi connectivity index (χ3v) is 7.95. The van der Waals surface area contributed by atoms with E-state index in [0.29, 0.717) is 13.0 Å². The monoisotopic (exact) mass is 531 g/mol. The first-order valence-electron chi connectivity index (χ1n) is 14.4. The van der Waals surface area contributed by atoms with Crippen molar-refractivity contribution in [3.05, 3.63) is 126 Å². The molecule has 40 heavy (non-hydrogen) atoms. The molecule has 1 atom stereocenters. The molecule has 5 aromatic rings. The number of carbonyl (C=O) groups excluding carboxylic acids is 1. The van der Waals surface area contributed by atoms with E-state index in [1.807, 2.05) is 18.5 Å². The second-order valence-electron chi connectivity index (χ2n) is 10.8. The zero-order valence-corrected chi connectivity index (χ0v) is 23.0. The van der Waals surface area contributed by atoms with E-state index in [2.05, 4.69) is 105 Å². The molecular formula is C34H37N5O. The van der Waals surface area contributed by atoms with Gasteiger partial charge in [-0.15, -0.1) is 0 Å². The van der Waals surface area contributed by atoms with Crippen molar-refractivity contribution in [3.63, 3.8) is 0 Å². The molecule has 1 fully saturated rings. The molecule has 0 radical (unpaired) electrons. The number of hydrogen-bond donors (Lipinski definition) is 1. The summed E-state index contributed by atoms with van der Waals surface area (Å²) < 4.78 is 4.42. The summed E-state index contributed by atoms with van der Waals surface area (Å²) >= 11 is 0.